The first kappa shape index (κ1) is 23.8. The maximum absolute atomic E-state index is 13.3. The maximum atomic E-state index is 13.3. The third-order valence-electron chi connectivity index (χ3n) is 5.93. The van der Waals surface area contributed by atoms with Crippen molar-refractivity contribution in [2.45, 2.75) is 13.1 Å². The van der Waals surface area contributed by atoms with Gasteiger partial charge in [-0.1, -0.05) is 24.3 Å². The number of esters is 1. The Labute approximate surface area is 204 Å². The molecule has 0 spiro atoms. The number of fused-ring (bicyclic) bond motifs is 1. The van der Waals surface area contributed by atoms with Gasteiger partial charge in [-0.25, -0.2) is 4.79 Å². The highest BCUT2D eigenvalue weighted by Gasteiger charge is 2.28. The molecule has 1 N–H and O–H groups in total. The number of methoxy groups -OCH3 is 2. The molecule has 0 saturated heterocycles. The highest BCUT2D eigenvalue weighted by molar-refractivity contribution is 6.04. The molecule has 1 heterocycles. The van der Waals surface area contributed by atoms with E-state index in [1.54, 1.807) is 54.5 Å². The largest absolute Gasteiger partial charge is 0.497 e. The summed E-state index contributed by atoms with van der Waals surface area (Å²) < 4.78 is 9.89. The predicted octanol–water partition coefficient (Wildman–Crippen LogP) is 3.46. The lowest BCUT2D eigenvalue weighted by molar-refractivity contribution is 0.0599. The van der Waals surface area contributed by atoms with Gasteiger partial charge in [-0.3, -0.25) is 9.59 Å². The van der Waals surface area contributed by atoms with Crippen molar-refractivity contribution in [1.82, 2.24) is 10.2 Å². The lowest BCUT2D eigenvalue weighted by Gasteiger charge is -2.36. The van der Waals surface area contributed by atoms with E-state index in [0.717, 1.165) is 22.6 Å². The molecular formula is C27H27N3O5. The molecular weight excluding hydrogens is 446 g/mol. The van der Waals surface area contributed by atoms with Crippen LogP contribution in [0.5, 0.6) is 5.75 Å². The molecule has 0 radical (unpaired) electrons. The van der Waals surface area contributed by atoms with Crippen molar-refractivity contribution < 1.29 is 23.9 Å². The van der Waals surface area contributed by atoms with Crippen molar-refractivity contribution in [3.05, 3.63) is 94.5 Å². The average molecular weight is 474 g/mol. The van der Waals surface area contributed by atoms with Crippen molar-refractivity contribution in [3.8, 4) is 5.75 Å². The number of carbonyl (C=O) groups excluding carboxylic acids is 3. The van der Waals surface area contributed by atoms with Gasteiger partial charge in [-0.15, -0.1) is 0 Å². The number of nitrogens with zero attached hydrogens (tertiary/aromatic N) is 2. The second-order valence-corrected chi connectivity index (χ2v) is 8.29. The highest BCUT2D eigenvalue weighted by atomic mass is 16.5. The molecule has 0 unspecified atom stereocenters. The molecule has 180 valence electrons. The molecule has 3 aromatic carbocycles. The van der Waals surface area contributed by atoms with Gasteiger partial charge in [0.2, 0.25) is 0 Å². The van der Waals surface area contributed by atoms with Crippen molar-refractivity contribution >= 4 is 23.5 Å². The highest BCUT2D eigenvalue weighted by Crippen LogP contribution is 2.28. The van der Waals surface area contributed by atoms with Gasteiger partial charge in [0.15, 0.2) is 0 Å². The Balaban J connectivity index is 1.46. The van der Waals surface area contributed by atoms with Crippen LogP contribution in [0.3, 0.4) is 0 Å². The summed E-state index contributed by atoms with van der Waals surface area (Å²) in [6.45, 7) is 1.15. The Morgan fingerprint density at radius 1 is 0.914 bits per heavy atom. The number of hydrogen-bond acceptors (Lipinski definition) is 6. The fourth-order valence-electron chi connectivity index (χ4n) is 3.98. The fourth-order valence-corrected chi connectivity index (χ4v) is 3.98. The van der Waals surface area contributed by atoms with Crippen LogP contribution in [0.25, 0.3) is 0 Å². The van der Waals surface area contributed by atoms with E-state index in [9.17, 15) is 14.4 Å². The van der Waals surface area contributed by atoms with Crippen LogP contribution in [0.1, 0.15) is 42.2 Å². The van der Waals surface area contributed by atoms with Crippen LogP contribution in [0.2, 0.25) is 0 Å². The van der Waals surface area contributed by atoms with E-state index >= 15 is 0 Å². The number of hydrogen-bond donors (Lipinski definition) is 1. The Morgan fingerprint density at radius 2 is 1.57 bits per heavy atom. The first-order chi connectivity index (χ1) is 16.9. The molecule has 4 rings (SSSR count). The van der Waals surface area contributed by atoms with Gasteiger partial charge in [-0.05, 0) is 53.6 Å². The van der Waals surface area contributed by atoms with Gasteiger partial charge in [-0.2, -0.15) is 0 Å². The molecule has 35 heavy (non-hydrogen) atoms. The van der Waals surface area contributed by atoms with Gasteiger partial charge in [0, 0.05) is 25.7 Å². The SMILES string of the molecule is COC(=O)c1ccc(CN2CN(C)c3ccc(C(=O)NCc4ccc(OC)cc4)cc3C2=O)cc1. The molecule has 8 heteroatoms. The zero-order valence-corrected chi connectivity index (χ0v) is 19.9. The molecule has 0 bridgehead atoms. The van der Waals surface area contributed by atoms with Crippen molar-refractivity contribution in [1.29, 1.82) is 0 Å². The molecule has 1 aliphatic rings. The van der Waals surface area contributed by atoms with Crippen LogP contribution in [-0.2, 0) is 17.8 Å². The van der Waals surface area contributed by atoms with Gasteiger partial charge < -0.3 is 24.6 Å². The second-order valence-electron chi connectivity index (χ2n) is 8.29. The molecule has 3 aromatic rings. The van der Waals surface area contributed by atoms with Crippen LogP contribution in [0, 0.1) is 0 Å². The van der Waals surface area contributed by atoms with Gasteiger partial charge >= 0.3 is 5.97 Å². The van der Waals surface area contributed by atoms with Crippen molar-refractivity contribution in [2.75, 3.05) is 32.8 Å². The monoisotopic (exact) mass is 473 g/mol. The van der Waals surface area contributed by atoms with E-state index in [-0.39, 0.29) is 11.8 Å². The van der Waals surface area contributed by atoms with E-state index in [4.69, 9.17) is 9.47 Å². The summed E-state index contributed by atoms with van der Waals surface area (Å²) in [5.74, 6) is -0.0621. The van der Waals surface area contributed by atoms with Crippen LogP contribution >= 0.6 is 0 Å². The Hall–Kier alpha value is -4.33. The number of amides is 2. The summed E-state index contributed by atoms with van der Waals surface area (Å²) in [6, 6.07) is 19.6. The minimum Gasteiger partial charge on any atom is -0.497 e. The van der Waals surface area contributed by atoms with E-state index < -0.39 is 5.97 Å². The molecule has 1 aliphatic heterocycles. The van der Waals surface area contributed by atoms with E-state index in [1.807, 2.05) is 36.2 Å². The van der Waals surface area contributed by atoms with Crippen molar-refractivity contribution in [3.63, 3.8) is 0 Å². The van der Waals surface area contributed by atoms with Crippen LogP contribution in [-0.4, -0.2) is 50.6 Å². The summed E-state index contributed by atoms with van der Waals surface area (Å²) in [5.41, 5.74) is 3.95. The Morgan fingerprint density at radius 3 is 2.23 bits per heavy atom. The molecule has 2 amide bonds. The van der Waals surface area contributed by atoms with Gasteiger partial charge in [0.05, 0.1) is 37.7 Å². The molecule has 0 atom stereocenters. The summed E-state index contributed by atoms with van der Waals surface area (Å²) in [5, 5.41) is 2.90. The standard InChI is InChI=1S/C27H27N3O5/c1-29-17-30(16-19-4-8-20(9-5-19)27(33)35-3)26(32)23-14-21(10-13-24(23)29)25(31)28-15-18-6-11-22(34-2)12-7-18/h4-14H,15-17H2,1-3H3,(H,28,31). The Bertz CT molecular complexity index is 1240. The predicted molar refractivity (Wildman–Crippen MR) is 132 cm³/mol. The van der Waals surface area contributed by atoms with Crippen LogP contribution in [0.4, 0.5) is 5.69 Å². The second kappa shape index (κ2) is 10.3. The maximum Gasteiger partial charge on any atom is 0.337 e. The van der Waals surface area contributed by atoms with Crippen LogP contribution < -0.4 is 15.0 Å². The molecule has 0 aromatic heterocycles. The summed E-state index contributed by atoms with van der Waals surface area (Å²) in [6.07, 6.45) is 0. The average Bonchev–Trinajstić information content (AvgIpc) is 2.90. The number of nitrogens with one attached hydrogen (secondary N) is 1. The minimum atomic E-state index is -0.406. The zero-order valence-electron chi connectivity index (χ0n) is 19.9. The Kier molecular flexibility index (Phi) is 7.01. The quantitative estimate of drug-likeness (QED) is 0.529. The zero-order chi connectivity index (χ0) is 24.9. The normalized spacial score (nSPS) is 12.7. The number of anilines is 1. The number of benzene rings is 3. The smallest absolute Gasteiger partial charge is 0.337 e. The number of carbonyl (C=O) groups is 3. The van der Waals surface area contributed by atoms with E-state index in [1.165, 1.54) is 7.11 Å². The lowest BCUT2D eigenvalue weighted by atomic mass is 10.0. The lowest BCUT2D eigenvalue weighted by Crippen LogP contribution is -2.44. The van der Waals surface area contributed by atoms with Crippen LogP contribution in [0.15, 0.2) is 66.7 Å². The number of ether oxygens (including phenoxy) is 2. The molecule has 0 aliphatic carbocycles. The molecule has 0 saturated carbocycles. The topological polar surface area (TPSA) is 88.2 Å². The minimum absolute atomic E-state index is 0.153. The van der Waals surface area contributed by atoms with Gasteiger partial charge in [0.1, 0.15) is 5.75 Å². The molecule has 8 nitrogen and oxygen atoms in total. The van der Waals surface area contributed by atoms with Crippen molar-refractivity contribution in [2.24, 2.45) is 0 Å². The summed E-state index contributed by atoms with van der Waals surface area (Å²) in [7, 11) is 4.85. The number of rotatable bonds is 7. The third-order valence-corrected chi connectivity index (χ3v) is 5.93. The summed E-state index contributed by atoms with van der Waals surface area (Å²) in [4.78, 5) is 41.4. The first-order valence-electron chi connectivity index (χ1n) is 11.1. The summed E-state index contributed by atoms with van der Waals surface area (Å²) >= 11 is 0. The fraction of sp³-hybridized carbons (Fsp3) is 0.222. The van der Waals surface area contributed by atoms with E-state index in [0.29, 0.717) is 36.4 Å². The first-order valence-corrected chi connectivity index (χ1v) is 11.1. The third kappa shape index (κ3) is 5.27. The van der Waals surface area contributed by atoms with E-state index in [2.05, 4.69) is 5.32 Å². The molecule has 0 fully saturated rings. The van der Waals surface area contributed by atoms with Gasteiger partial charge in [0.25, 0.3) is 11.8 Å².